The summed E-state index contributed by atoms with van der Waals surface area (Å²) in [5.41, 5.74) is 0. The highest BCUT2D eigenvalue weighted by Gasteiger charge is 2.02. The van der Waals surface area contributed by atoms with Gasteiger partial charge in [0.25, 0.3) is 0 Å². The number of hydrogen-bond acceptors (Lipinski definition) is 3. The van der Waals surface area contributed by atoms with Crippen molar-refractivity contribution in [3.63, 3.8) is 0 Å². The van der Waals surface area contributed by atoms with E-state index in [0.29, 0.717) is 32.5 Å². The van der Waals surface area contributed by atoms with Crippen molar-refractivity contribution in [2.24, 2.45) is 0 Å². The molecular formula is C28H58O3. The van der Waals surface area contributed by atoms with Gasteiger partial charge < -0.3 is 14.2 Å². The van der Waals surface area contributed by atoms with Gasteiger partial charge in [0.15, 0.2) is 0 Å². The molecule has 31 heavy (non-hydrogen) atoms. The Bertz CT molecular complexity index is 309. The Morgan fingerprint density at radius 2 is 0.806 bits per heavy atom. The van der Waals surface area contributed by atoms with Crippen LogP contribution in [0.3, 0.4) is 0 Å². The maximum atomic E-state index is 5.83. The molecule has 0 N–H and O–H groups in total. The van der Waals surface area contributed by atoms with Crippen LogP contribution in [0, 0.1) is 0 Å². The van der Waals surface area contributed by atoms with Crippen LogP contribution in [0.1, 0.15) is 143 Å². The van der Waals surface area contributed by atoms with Gasteiger partial charge in [-0.25, -0.2) is 0 Å². The van der Waals surface area contributed by atoms with Crippen molar-refractivity contribution in [2.45, 2.75) is 149 Å². The van der Waals surface area contributed by atoms with E-state index in [0.717, 1.165) is 6.61 Å². The molecule has 0 amide bonds. The molecule has 0 aliphatic heterocycles. The first-order valence-electron chi connectivity index (χ1n) is 14.1. The summed E-state index contributed by atoms with van der Waals surface area (Å²) in [6, 6.07) is 0. The summed E-state index contributed by atoms with van der Waals surface area (Å²) in [7, 11) is 0. The molecule has 3 nitrogen and oxygen atoms in total. The third kappa shape index (κ3) is 27.8. The monoisotopic (exact) mass is 442 g/mol. The SMILES string of the molecule is CCCCCCCCCCCCCCOCCOCCOC(C)CCCCCCCC. The van der Waals surface area contributed by atoms with Crippen molar-refractivity contribution >= 4 is 0 Å². The van der Waals surface area contributed by atoms with Crippen molar-refractivity contribution in [2.75, 3.05) is 33.0 Å². The molecule has 0 aromatic carbocycles. The Kier molecular flexibility index (Phi) is 27.8. The van der Waals surface area contributed by atoms with Crippen LogP contribution >= 0.6 is 0 Å². The van der Waals surface area contributed by atoms with Crippen molar-refractivity contribution in [1.29, 1.82) is 0 Å². The van der Waals surface area contributed by atoms with Crippen LogP contribution < -0.4 is 0 Å². The lowest BCUT2D eigenvalue weighted by Gasteiger charge is -2.13. The lowest BCUT2D eigenvalue weighted by Crippen LogP contribution is -2.14. The third-order valence-electron chi connectivity index (χ3n) is 6.11. The van der Waals surface area contributed by atoms with Crippen LogP contribution in [0.4, 0.5) is 0 Å². The molecule has 0 aliphatic carbocycles. The standard InChI is InChI=1S/C28H58O3/c1-4-6-8-10-12-13-14-15-16-17-19-21-23-29-24-25-30-26-27-31-28(3)22-20-18-11-9-7-5-2/h28H,4-27H2,1-3H3. The second kappa shape index (κ2) is 27.9. The minimum atomic E-state index is 0.358. The van der Waals surface area contributed by atoms with Crippen molar-refractivity contribution in [1.82, 2.24) is 0 Å². The van der Waals surface area contributed by atoms with Gasteiger partial charge in [-0.05, 0) is 19.8 Å². The molecule has 0 radical (unpaired) electrons. The highest BCUT2D eigenvalue weighted by atomic mass is 16.5. The normalized spacial score (nSPS) is 12.5. The molecule has 0 bridgehead atoms. The number of rotatable bonds is 27. The summed E-state index contributed by atoms with van der Waals surface area (Å²) in [6.07, 6.45) is 26.3. The average molecular weight is 443 g/mol. The molecule has 0 aliphatic rings. The highest BCUT2D eigenvalue weighted by molar-refractivity contribution is 4.52. The van der Waals surface area contributed by atoms with Crippen LogP contribution in [-0.2, 0) is 14.2 Å². The number of ether oxygens (including phenoxy) is 3. The first-order valence-corrected chi connectivity index (χ1v) is 14.1. The van der Waals surface area contributed by atoms with Crippen LogP contribution in [0.2, 0.25) is 0 Å². The Hall–Kier alpha value is -0.120. The second-order valence-corrected chi connectivity index (χ2v) is 9.35. The van der Waals surface area contributed by atoms with E-state index in [-0.39, 0.29) is 0 Å². The summed E-state index contributed by atoms with van der Waals surface area (Å²) in [4.78, 5) is 0. The zero-order valence-electron chi connectivity index (χ0n) is 21.8. The molecule has 0 saturated heterocycles. The van der Waals surface area contributed by atoms with Crippen molar-refractivity contribution < 1.29 is 14.2 Å². The summed E-state index contributed by atoms with van der Waals surface area (Å²) in [6.45, 7) is 10.4. The van der Waals surface area contributed by atoms with Gasteiger partial charge in [-0.15, -0.1) is 0 Å². The fraction of sp³-hybridized carbons (Fsp3) is 1.00. The summed E-state index contributed by atoms with van der Waals surface area (Å²) in [5.74, 6) is 0. The molecule has 188 valence electrons. The van der Waals surface area contributed by atoms with Crippen LogP contribution in [0.25, 0.3) is 0 Å². The second-order valence-electron chi connectivity index (χ2n) is 9.35. The first kappa shape index (κ1) is 30.9. The smallest absolute Gasteiger partial charge is 0.0704 e. The van der Waals surface area contributed by atoms with Gasteiger partial charge in [0.1, 0.15) is 0 Å². The van der Waals surface area contributed by atoms with E-state index in [1.54, 1.807) is 0 Å². The summed E-state index contributed by atoms with van der Waals surface area (Å²) < 4.78 is 17.1. The Morgan fingerprint density at radius 1 is 0.419 bits per heavy atom. The largest absolute Gasteiger partial charge is 0.379 e. The van der Waals surface area contributed by atoms with Gasteiger partial charge in [-0.1, -0.05) is 123 Å². The maximum Gasteiger partial charge on any atom is 0.0704 e. The Balaban J connectivity index is 3.09. The Morgan fingerprint density at radius 3 is 1.32 bits per heavy atom. The molecule has 0 spiro atoms. The quantitative estimate of drug-likeness (QED) is 0.119. The minimum Gasteiger partial charge on any atom is -0.379 e. The maximum absolute atomic E-state index is 5.83. The van der Waals surface area contributed by atoms with Crippen LogP contribution in [-0.4, -0.2) is 39.1 Å². The minimum absolute atomic E-state index is 0.358. The molecule has 0 aromatic heterocycles. The van der Waals surface area contributed by atoms with Gasteiger partial charge >= 0.3 is 0 Å². The number of unbranched alkanes of at least 4 members (excludes halogenated alkanes) is 16. The van der Waals surface area contributed by atoms with Gasteiger partial charge in [-0.2, -0.15) is 0 Å². The molecule has 0 fully saturated rings. The molecule has 3 heteroatoms. The van der Waals surface area contributed by atoms with E-state index < -0.39 is 0 Å². The molecular weight excluding hydrogens is 384 g/mol. The highest BCUT2D eigenvalue weighted by Crippen LogP contribution is 2.12. The van der Waals surface area contributed by atoms with Crippen LogP contribution in [0.15, 0.2) is 0 Å². The lowest BCUT2D eigenvalue weighted by atomic mass is 10.1. The predicted octanol–water partition coefficient (Wildman–Crippen LogP) is 8.88. The summed E-state index contributed by atoms with van der Waals surface area (Å²) in [5, 5.41) is 0. The Labute approximate surface area is 196 Å². The fourth-order valence-electron chi connectivity index (χ4n) is 3.97. The van der Waals surface area contributed by atoms with Crippen LogP contribution in [0.5, 0.6) is 0 Å². The lowest BCUT2D eigenvalue weighted by molar-refractivity contribution is -0.00902. The third-order valence-corrected chi connectivity index (χ3v) is 6.11. The molecule has 1 unspecified atom stereocenters. The zero-order valence-corrected chi connectivity index (χ0v) is 21.8. The first-order chi connectivity index (χ1) is 15.3. The van der Waals surface area contributed by atoms with E-state index in [9.17, 15) is 0 Å². The van der Waals surface area contributed by atoms with Crippen molar-refractivity contribution in [3.05, 3.63) is 0 Å². The van der Waals surface area contributed by atoms with E-state index in [1.807, 2.05) is 0 Å². The number of hydrogen-bond donors (Lipinski definition) is 0. The molecule has 0 rings (SSSR count). The molecule has 1 atom stereocenters. The fourth-order valence-corrected chi connectivity index (χ4v) is 3.97. The average Bonchev–Trinajstić information content (AvgIpc) is 2.77. The molecule has 0 heterocycles. The molecule has 0 aromatic rings. The van der Waals surface area contributed by atoms with Crippen molar-refractivity contribution in [3.8, 4) is 0 Å². The molecule has 0 saturated carbocycles. The van der Waals surface area contributed by atoms with E-state index in [4.69, 9.17) is 14.2 Å². The van der Waals surface area contributed by atoms with Gasteiger partial charge in [0.05, 0.1) is 32.5 Å². The van der Waals surface area contributed by atoms with E-state index in [1.165, 1.54) is 122 Å². The topological polar surface area (TPSA) is 27.7 Å². The summed E-state index contributed by atoms with van der Waals surface area (Å²) >= 11 is 0. The van der Waals surface area contributed by atoms with E-state index in [2.05, 4.69) is 20.8 Å². The van der Waals surface area contributed by atoms with Gasteiger partial charge in [0.2, 0.25) is 0 Å². The zero-order chi connectivity index (χ0) is 22.7. The van der Waals surface area contributed by atoms with Gasteiger partial charge in [-0.3, -0.25) is 0 Å². The predicted molar refractivity (Wildman–Crippen MR) is 136 cm³/mol. The van der Waals surface area contributed by atoms with E-state index >= 15 is 0 Å². The van der Waals surface area contributed by atoms with Gasteiger partial charge in [0, 0.05) is 6.61 Å².